The van der Waals surface area contributed by atoms with Crippen molar-refractivity contribution in [1.29, 1.82) is 0 Å². The fourth-order valence-electron chi connectivity index (χ4n) is 3.20. The normalized spacial score (nSPS) is 11.0. The van der Waals surface area contributed by atoms with Gasteiger partial charge < -0.3 is 9.52 Å². The van der Waals surface area contributed by atoms with Gasteiger partial charge in [0, 0.05) is 18.1 Å². The van der Waals surface area contributed by atoms with Crippen molar-refractivity contribution in [3.63, 3.8) is 0 Å². The van der Waals surface area contributed by atoms with Gasteiger partial charge in [0.2, 0.25) is 0 Å². The Bertz CT molecular complexity index is 1140. The Balaban J connectivity index is 1.65. The van der Waals surface area contributed by atoms with Crippen molar-refractivity contribution >= 4 is 11.0 Å². The number of benzene rings is 3. The molecule has 0 aliphatic rings. The zero-order valence-corrected chi connectivity index (χ0v) is 14.4. The molecule has 3 heteroatoms. The molecule has 128 valence electrons. The largest absolute Gasteiger partial charge is 0.508 e. The average molecular weight is 342 g/mol. The van der Waals surface area contributed by atoms with Gasteiger partial charge >= 0.3 is 0 Å². The molecule has 0 aliphatic heterocycles. The molecule has 3 aromatic carbocycles. The highest BCUT2D eigenvalue weighted by molar-refractivity contribution is 5.78. The number of hydrogen-bond donors (Lipinski definition) is 1. The first-order valence-corrected chi connectivity index (χ1v) is 8.50. The molecule has 0 atom stereocenters. The summed E-state index contributed by atoms with van der Waals surface area (Å²) in [6, 6.07) is 21.1. The van der Waals surface area contributed by atoms with Gasteiger partial charge in [-0.05, 0) is 41.3 Å². The summed E-state index contributed by atoms with van der Waals surface area (Å²) in [7, 11) is 0. The van der Waals surface area contributed by atoms with Crippen LogP contribution in [0.2, 0.25) is 0 Å². The molecular weight excluding hydrogens is 324 g/mol. The van der Waals surface area contributed by atoms with Crippen molar-refractivity contribution in [3.05, 3.63) is 99.9 Å². The van der Waals surface area contributed by atoms with Crippen molar-refractivity contribution in [1.82, 2.24) is 0 Å². The number of phenolic OH excluding ortho intramolecular Hbond substituents is 1. The third-order valence-electron chi connectivity index (χ3n) is 4.63. The molecule has 1 N–H and O–H groups in total. The lowest BCUT2D eigenvalue weighted by Crippen LogP contribution is -2.09. The Kier molecular flexibility index (Phi) is 4.05. The molecule has 4 aromatic rings. The van der Waals surface area contributed by atoms with E-state index in [4.69, 9.17) is 4.42 Å². The van der Waals surface area contributed by atoms with Crippen molar-refractivity contribution in [3.8, 4) is 16.9 Å². The fraction of sp³-hybridized carbons (Fsp3) is 0.0870. The summed E-state index contributed by atoms with van der Waals surface area (Å²) >= 11 is 0. The van der Waals surface area contributed by atoms with Crippen LogP contribution in [0.3, 0.4) is 0 Å². The molecule has 1 heterocycles. The maximum Gasteiger partial charge on any atom is 0.196 e. The van der Waals surface area contributed by atoms with Crippen LogP contribution in [-0.2, 0) is 6.42 Å². The average Bonchev–Trinajstić information content (AvgIpc) is 2.65. The predicted octanol–water partition coefficient (Wildman–Crippen LogP) is 5.06. The molecule has 4 rings (SSSR count). The summed E-state index contributed by atoms with van der Waals surface area (Å²) < 4.78 is 5.53. The highest BCUT2D eigenvalue weighted by Gasteiger charge is 2.09. The standard InChI is InChI=1S/C23H18O3/c1-15-4-2-3-5-20(15)17-8-6-16(7-9-17)12-18-14-26-22-13-19(24)10-11-21(22)23(18)25/h2-11,13-14,24H,12H2,1H3. The molecule has 0 aliphatic carbocycles. The van der Waals surface area contributed by atoms with Crippen LogP contribution in [0.5, 0.6) is 5.75 Å². The number of aromatic hydroxyl groups is 1. The molecule has 0 unspecified atom stereocenters. The molecule has 0 bridgehead atoms. The molecule has 0 radical (unpaired) electrons. The van der Waals surface area contributed by atoms with Gasteiger partial charge in [-0.25, -0.2) is 0 Å². The van der Waals surface area contributed by atoms with Gasteiger partial charge in [0.05, 0.1) is 11.6 Å². The summed E-state index contributed by atoms with van der Waals surface area (Å²) in [5.41, 5.74) is 5.60. The zero-order chi connectivity index (χ0) is 18.1. The molecule has 0 fully saturated rings. The van der Waals surface area contributed by atoms with Gasteiger partial charge in [0.25, 0.3) is 0 Å². The Hall–Kier alpha value is -3.33. The van der Waals surface area contributed by atoms with Crippen LogP contribution in [0.15, 0.2) is 82.2 Å². The highest BCUT2D eigenvalue weighted by atomic mass is 16.3. The maximum absolute atomic E-state index is 12.6. The van der Waals surface area contributed by atoms with E-state index < -0.39 is 0 Å². The minimum Gasteiger partial charge on any atom is -0.508 e. The van der Waals surface area contributed by atoms with Crippen LogP contribution in [0.4, 0.5) is 0 Å². The Morgan fingerprint density at radius 1 is 0.962 bits per heavy atom. The van der Waals surface area contributed by atoms with Crippen LogP contribution in [0.25, 0.3) is 22.1 Å². The van der Waals surface area contributed by atoms with Gasteiger partial charge in [-0.3, -0.25) is 4.79 Å². The van der Waals surface area contributed by atoms with Crippen LogP contribution in [0.1, 0.15) is 16.7 Å². The fourth-order valence-corrected chi connectivity index (χ4v) is 3.20. The number of hydrogen-bond acceptors (Lipinski definition) is 3. The van der Waals surface area contributed by atoms with Gasteiger partial charge in [0.15, 0.2) is 5.43 Å². The molecule has 26 heavy (non-hydrogen) atoms. The SMILES string of the molecule is Cc1ccccc1-c1ccc(Cc2coc3cc(O)ccc3c2=O)cc1. The smallest absolute Gasteiger partial charge is 0.196 e. The first-order valence-electron chi connectivity index (χ1n) is 8.50. The van der Waals surface area contributed by atoms with E-state index in [1.165, 1.54) is 29.5 Å². The monoisotopic (exact) mass is 342 g/mol. The minimum absolute atomic E-state index is 0.0609. The van der Waals surface area contributed by atoms with Crippen molar-refractivity contribution in [2.45, 2.75) is 13.3 Å². The second-order valence-corrected chi connectivity index (χ2v) is 6.46. The molecule has 3 nitrogen and oxygen atoms in total. The number of rotatable bonds is 3. The summed E-state index contributed by atoms with van der Waals surface area (Å²) in [6.45, 7) is 2.10. The van der Waals surface area contributed by atoms with Crippen LogP contribution >= 0.6 is 0 Å². The third-order valence-corrected chi connectivity index (χ3v) is 4.63. The van der Waals surface area contributed by atoms with E-state index >= 15 is 0 Å². The Labute approximate surface area is 151 Å². The van der Waals surface area contributed by atoms with Crippen LogP contribution in [-0.4, -0.2) is 5.11 Å². The summed E-state index contributed by atoms with van der Waals surface area (Å²) in [4.78, 5) is 12.6. The van der Waals surface area contributed by atoms with Gasteiger partial charge in [-0.2, -0.15) is 0 Å². The van der Waals surface area contributed by atoms with E-state index in [1.807, 2.05) is 24.3 Å². The van der Waals surface area contributed by atoms with Crippen molar-refractivity contribution < 1.29 is 9.52 Å². The van der Waals surface area contributed by atoms with E-state index in [1.54, 1.807) is 6.07 Å². The Morgan fingerprint density at radius 3 is 2.50 bits per heavy atom. The summed E-state index contributed by atoms with van der Waals surface area (Å²) in [5, 5.41) is 9.99. The van der Waals surface area contributed by atoms with Crippen molar-refractivity contribution in [2.75, 3.05) is 0 Å². The van der Waals surface area contributed by atoms with Gasteiger partial charge in [-0.1, -0.05) is 48.5 Å². The summed E-state index contributed by atoms with van der Waals surface area (Å²) in [5.74, 6) is 0.0835. The molecule has 0 saturated heterocycles. The predicted molar refractivity (Wildman–Crippen MR) is 104 cm³/mol. The Morgan fingerprint density at radius 2 is 1.73 bits per heavy atom. The lowest BCUT2D eigenvalue weighted by molar-refractivity contribution is 0.474. The van der Waals surface area contributed by atoms with Gasteiger partial charge in [0.1, 0.15) is 11.3 Å². The van der Waals surface area contributed by atoms with E-state index in [0.29, 0.717) is 23.0 Å². The first kappa shape index (κ1) is 16.2. The minimum atomic E-state index is -0.0609. The molecule has 0 spiro atoms. The highest BCUT2D eigenvalue weighted by Crippen LogP contribution is 2.24. The number of fused-ring (bicyclic) bond motifs is 1. The molecule has 0 saturated carbocycles. The second kappa shape index (κ2) is 6.52. The maximum atomic E-state index is 12.6. The molecular formula is C23H18O3. The summed E-state index contributed by atoms with van der Waals surface area (Å²) in [6.07, 6.45) is 1.99. The molecule has 0 amide bonds. The van der Waals surface area contributed by atoms with Crippen LogP contribution < -0.4 is 5.43 Å². The lowest BCUT2D eigenvalue weighted by Gasteiger charge is -2.07. The van der Waals surface area contributed by atoms with E-state index in [2.05, 4.69) is 31.2 Å². The van der Waals surface area contributed by atoms with E-state index in [0.717, 1.165) is 11.1 Å². The number of aryl methyl sites for hydroxylation is 1. The van der Waals surface area contributed by atoms with E-state index in [9.17, 15) is 9.90 Å². The zero-order valence-electron chi connectivity index (χ0n) is 14.4. The lowest BCUT2D eigenvalue weighted by atomic mass is 9.98. The quantitative estimate of drug-likeness (QED) is 0.566. The molecule has 1 aromatic heterocycles. The van der Waals surface area contributed by atoms with E-state index in [-0.39, 0.29) is 11.2 Å². The van der Waals surface area contributed by atoms with Crippen LogP contribution in [0, 0.1) is 6.92 Å². The topological polar surface area (TPSA) is 50.4 Å². The second-order valence-electron chi connectivity index (χ2n) is 6.46. The van der Waals surface area contributed by atoms with Gasteiger partial charge in [-0.15, -0.1) is 0 Å². The third kappa shape index (κ3) is 3.00. The number of phenols is 1. The van der Waals surface area contributed by atoms with Crippen molar-refractivity contribution in [2.24, 2.45) is 0 Å². The first-order chi connectivity index (χ1) is 12.6.